The molecule has 1 atom stereocenters. The van der Waals surface area contributed by atoms with Crippen molar-refractivity contribution in [2.24, 2.45) is 0 Å². The average Bonchev–Trinajstić information content (AvgIpc) is 2.81. The van der Waals surface area contributed by atoms with E-state index in [0.29, 0.717) is 17.9 Å². The fourth-order valence-electron chi connectivity index (χ4n) is 4.36. The van der Waals surface area contributed by atoms with Crippen molar-refractivity contribution < 1.29 is 14.3 Å². The lowest BCUT2D eigenvalue weighted by Crippen LogP contribution is -2.40. The molecule has 4 rings (SSSR count). The van der Waals surface area contributed by atoms with Gasteiger partial charge in [0, 0.05) is 18.2 Å². The van der Waals surface area contributed by atoms with Gasteiger partial charge in [-0.05, 0) is 68.1 Å². The minimum Gasteiger partial charge on any atom is -0.484 e. The Balaban J connectivity index is 1.69. The summed E-state index contributed by atoms with van der Waals surface area (Å²) in [4.78, 5) is 27.5. The van der Waals surface area contributed by atoms with Gasteiger partial charge in [0.25, 0.3) is 11.8 Å². The van der Waals surface area contributed by atoms with Crippen molar-refractivity contribution >= 4 is 11.8 Å². The van der Waals surface area contributed by atoms with Crippen LogP contribution in [0.3, 0.4) is 0 Å². The first-order chi connectivity index (χ1) is 15.9. The molecule has 3 aromatic rings. The molecule has 3 aromatic carbocycles. The maximum atomic E-state index is 13.5. The van der Waals surface area contributed by atoms with Crippen LogP contribution in [-0.2, 0) is 11.2 Å². The minimum absolute atomic E-state index is 0.00962. The van der Waals surface area contributed by atoms with Gasteiger partial charge >= 0.3 is 0 Å². The molecule has 170 valence electrons. The summed E-state index contributed by atoms with van der Waals surface area (Å²) in [7, 11) is 0. The van der Waals surface area contributed by atoms with Crippen LogP contribution in [0.25, 0.3) is 0 Å². The van der Waals surface area contributed by atoms with Crippen molar-refractivity contribution in [1.29, 1.82) is 0 Å². The highest BCUT2D eigenvalue weighted by Crippen LogP contribution is 2.38. The van der Waals surface area contributed by atoms with Crippen molar-refractivity contribution in [1.82, 2.24) is 10.2 Å². The molecule has 2 amide bonds. The first-order valence-corrected chi connectivity index (χ1v) is 11.4. The Morgan fingerprint density at radius 2 is 1.82 bits per heavy atom. The molecule has 0 fully saturated rings. The summed E-state index contributed by atoms with van der Waals surface area (Å²) in [5, 5.41) is 2.84. The third-order valence-corrected chi connectivity index (χ3v) is 5.80. The van der Waals surface area contributed by atoms with E-state index in [4.69, 9.17) is 4.74 Å². The Labute approximate surface area is 195 Å². The molecule has 0 saturated carbocycles. The number of hydrogen-bond donors (Lipinski definition) is 1. The van der Waals surface area contributed by atoms with Gasteiger partial charge in [-0.25, -0.2) is 0 Å². The number of benzene rings is 3. The van der Waals surface area contributed by atoms with Crippen LogP contribution < -0.4 is 10.1 Å². The van der Waals surface area contributed by atoms with Gasteiger partial charge in [-0.3, -0.25) is 9.59 Å². The number of rotatable bonds is 6. The Bertz CT molecular complexity index is 1140. The van der Waals surface area contributed by atoms with Crippen LogP contribution in [0.15, 0.2) is 72.8 Å². The Morgan fingerprint density at radius 1 is 1.03 bits per heavy atom. The second kappa shape index (κ2) is 9.90. The Hall–Kier alpha value is -3.60. The molecule has 5 heteroatoms. The third-order valence-electron chi connectivity index (χ3n) is 5.80. The molecule has 0 aromatic heterocycles. The highest BCUT2D eigenvalue weighted by atomic mass is 16.5. The van der Waals surface area contributed by atoms with Crippen LogP contribution in [0.5, 0.6) is 5.75 Å². The first-order valence-electron chi connectivity index (χ1n) is 11.4. The van der Waals surface area contributed by atoms with E-state index >= 15 is 0 Å². The zero-order valence-corrected chi connectivity index (χ0v) is 19.4. The zero-order valence-electron chi connectivity index (χ0n) is 19.4. The van der Waals surface area contributed by atoms with Crippen molar-refractivity contribution in [2.75, 3.05) is 13.2 Å². The zero-order chi connectivity index (χ0) is 23.4. The smallest absolute Gasteiger partial charge is 0.258 e. The van der Waals surface area contributed by atoms with Crippen LogP contribution in [0.1, 0.15) is 52.5 Å². The first kappa shape index (κ1) is 22.6. The number of amides is 2. The highest BCUT2D eigenvalue weighted by Gasteiger charge is 2.33. The maximum Gasteiger partial charge on any atom is 0.258 e. The third kappa shape index (κ3) is 5.25. The standard InChI is InChI=1S/C28H30N2O3/c1-19(2)29-26(31)18-33-24-13-12-21-14-15-30(28(32)22-9-5-4-6-10-22)27(25(21)17-24)23-11-7-8-20(3)16-23/h4-13,16-17,19,27H,14-15,18H2,1-3H3,(H,29,31). The SMILES string of the molecule is Cc1cccc(C2c3cc(OCC(=O)NC(C)C)ccc3CCN2C(=O)c2ccccc2)c1. The van der Waals surface area contributed by atoms with Crippen molar-refractivity contribution in [3.05, 3.63) is 101 Å². The monoisotopic (exact) mass is 442 g/mol. The van der Waals surface area contributed by atoms with Gasteiger partial charge in [0.15, 0.2) is 6.61 Å². The van der Waals surface area contributed by atoms with E-state index in [1.807, 2.05) is 67.3 Å². The number of carbonyl (C=O) groups excluding carboxylic acids is 2. The van der Waals surface area contributed by atoms with Crippen LogP contribution in [0, 0.1) is 6.92 Å². The van der Waals surface area contributed by atoms with Gasteiger partial charge < -0.3 is 15.0 Å². The van der Waals surface area contributed by atoms with E-state index in [9.17, 15) is 9.59 Å². The van der Waals surface area contributed by atoms with E-state index in [-0.39, 0.29) is 30.5 Å². The number of fused-ring (bicyclic) bond motifs is 1. The van der Waals surface area contributed by atoms with Crippen LogP contribution >= 0.6 is 0 Å². The summed E-state index contributed by atoms with van der Waals surface area (Å²) in [6.07, 6.45) is 0.768. The number of ether oxygens (including phenoxy) is 1. The molecule has 0 spiro atoms. The van der Waals surface area contributed by atoms with Gasteiger partial charge in [0.05, 0.1) is 6.04 Å². The second-order valence-electron chi connectivity index (χ2n) is 8.80. The Kier molecular flexibility index (Phi) is 6.78. The molecule has 0 saturated heterocycles. The Morgan fingerprint density at radius 3 is 2.55 bits per heavy atom. The number of aryl methyl sites for hydroxylation is 1. The van der Waals surface area contributed by atoms with E-state index in [1.54, 1.807) is 0 Å². The van der Waals surface area contributed by atoms with Gasteiger partial charge in [-0.2, -0.15) is 0 Å². The molecule has 1 heterocycles. The fourth-order valence-corrected chi connectivity index (χ4v) is 4.36. The molecule has 5 nitrogen and oxygen atoms in total. The van der Waals surface area contributed by atoms with Crippen LogP contribution in [0.2, 0.25) is 0 Å². The molecule has 1 aliphatic heterocycles. The van der Waals surface area contributed by atoms with Crippen molar-refractivity contribution in [3.63, 3.8) is 0 Å². The summed E-state index contributed by atoms with van der Waals surface area (Å²) in [6, 6.07) is 23.5. The summed E-state index contributed by atoms with van der Waals surface area (Å²) in [5.41, 5.74) is 5.12. The second-order valence-corrected chi connectivity index (χ2v) is 8.80. The lowest BCUT2D eigenvalue weighted by atomic mass is 9.87. The van der Waals surface area contributed by atoms with Gasteiger partial charge in [-0.15, -0.1) is 0 Å². The summed E-state index contributed by atoms with van der Waals surface area (Å²) < 4.78 is 5.81. The lowest BCUT2D eigenvalue weighted by Gasteiger charge is -2.38. The molecule has 1 unspecified atom stereocenters. The number of carbonyl (C=O) groups is 2. The van der Waals surface area contributed by atoms with Crippen molar-refractivity contribution in [3.8, 4) is 5.75 Å². The molecule has 0 bridgehead atoms. The predicted octanol–water partition coefficient (Wildman–Crippen LogP) is 4.69. The summed E-state index contributed by atoms with van der Waals surface area (Å²) >= 11 is 0. The quantitative estimate of drug-likeness (QED) is 0.603. The van der Waals surface area contributed by atoms with E-state index < -0.39 is 0 Å². The summed E-state index contributed by atoms with van der Waals surface area (Å²) in [6.45, 7) is 6.49. The minimum atomic E-state index is -0.227. The van der Waals surface area contributed by atoms with Crippen molar-refractivity contribution in [2.45, 2.75) is 39.3 Å². The van der Waals surface area contributed by atoms with Gasteiger partial charge in [0.1, 0.15) is 5.75 Å². The van der Waals surface area contributed by atoms with Gasteiger partial charge in [-0.1, -0.05) is 54.1 Å². The predicted molar refractivity (Wildman–Crippen MR) is 129 cm³/mol. The van der Waals surface area contributed by atoms with Crippen LogP contribution in [-0.4, -0.2) is 35.9 Å². The largest absolute Gasteiger partial charge is 0.484 e. The maximum absolute atomic E-state index is 13.5. The average molecular weight is 443 g/mol. The molecule has 0 radical (unpaired) electrons. The van der Waals surface area contributed by atoms with Gasteiger partial charge in [0.2, 0.25) is 0 Å². The number of nitrogens with zero attached hydrogens (tertiary/aromatic N) is 1. The lowest BCUT2D eigenvalue weighted by molar-refractivity contribution is -0.123. The molecule has 0 aliphatic carbocycles. The number of hydrogen-bond acceptors (Lipinski definition) is 3. The molecule has 33 heavy (non-hydrogen) atoms. The fraction of sp³-hybridized carbons (Fsp3) is 0.286. The van der Waals surface area contributed by atoms with E-state index in [1.165, 1.54) is 5.56 Å². The molecule has 1 aliphatic rings. The summed E-state index contributed by atoms with van der Waals surface area (Å²) in [5.74, 6) is 0.480. The highest BCUT2D eigenvalue weighted by molar-refractivity contribution is 5.95. The van der Waals surface area contributed by atoms with E-state index in [2.05, 4.69) is 36.5 Å². The van der Waals surface area contributed by atoms with E-state index in [0.717, 1.165) is 23.1 Å². The molecular weight excluding hydrogens is 412 g/mol. The number of nitrogens with one attached hydrogen (secondary N) is 1. The topological polar surface area (TPSA) is 58.6 Å². The molecular formula is C28H30N2O3. The normalized spacial score (nSPS) is 15.2. The molecule has 1 N–H and O–H groups in total. The van der Waals surface area contributed by atoms with Crippen LogP contribution in [0.4, 0.5) is 0 Å².